The van der Waals surface area contributed by atoms with Gasteiger partial charge in [-0.25, -0.2) is 4.98 Å². The SMILES string of the molecule is COC1CC(Nc2nc(Cl)c(Cl)cc2Cl)C1. The van der Waals surface area contributed by atoms with Gasteiger partial charge >= 0.3 is 0 Å². The molecule has 1 saturated carbocycles. The lowest BCUT2D eigenvalue weighted by Gasteiger charge is -2.35. The van der Waals surface area contributed by atoms with E-state index in [9.17, 15) is 0 Å². The molecule has 3 nitrogen and oxygen atoms in total. The minimum Gasteiger partial charge on any atom is -0.381 e. The van der Waals surface area contributed by atoms with Crippen molar-refractivity contribution in [2.24, 2.45) is 0 Å². The van der Waals surface area contributed by atoms with Gasteiger partial charge in [-0.3, -0.25) is 0 Å². The standard InChI is InChI=1S/C10H11Cl3N2O/c1-16-6-2-5(3-6)14-10-8(12)4-7(11)9(13)15-10/h4-6H,2-3H2,1H3,(H,14,15). The highest BCUT2D eigenvalue weighted by atomic mass is 35.5. The Morgan fingerprint density at radius 2 is 2.00 bits per heavy atom. The first kappa shape index (κ1) is 12.2. The third-order valence-corrected chi connectivity index (χ3v) is 3.62. The van der Waals surface area contributed by atoms with Crippen molar-refractivity contribution in [2.45, 2.75) is 25.0 Å². The molecular weight excluding hydrogens is 270 g/mol. The van der Waals surface area contributed by atoms with Crippen molar-refractivity contribution < 1.29 is 4.74 Å². The molecule has 1 heterocycles. The van der Waals surface area contributed by atoms with E-state index in [1.54, 1.807) is 13.2 Å². The number of halogens is 3. The van der Waals surface area contributed by atoms with E-state index in [1.165, 1.54) is 0 Å². The van der Waals surface area contributed by atoms with Crippen molar-refractivity contribution in [1.82, 2.24) is 4.98 Å². The molecule has 16 heavy (non-hydrogen) atoms. The van der Waals surface area contributed by atoms with E-state index in [2.05, 4.69) is 10.3 Å². The second-order valence-corrected chi connectivity index (χ2v) is 4.93. The number of hydrogen-bond acceptors (Lipinski definition) is 3. The number of pyridine rings is 1. The quantitative estimate of drug-likeness (QED) is 0.859. The van der Waals surface area contributed by atoms with Crippen molar-refractivity contribution >= 4 is 40.6 Å². The molecule has 0 aliphatic heterocycles. The normalized spacial score (nSPS) is 24.0. The summed E-state index contributed by atoms with van der Waals surface area (Å²) in [5.41, 5.74) is 0. The Bertz CT molecular complexity index is 394. The van der Waals surface area contributed by atoms with Crippen molar-refractivity contribution in [2.75, 3.05) is 12.4 Å². The van der Waals surface area contributed by atoms with Crippen molar-refractivity contribution in [3.63, 3.8) is 0 Å². The molecule has 1 aliphatic carbocycles. The number of nitrogens with zero attached hydrogens (tertiary/aromatic N) is 1. The number of methoxy groups -OCH3 is 1. The van der Waals surface area contributed by atoms with Gasteiger partial charge in [0.2, 0.25) is 0 Å². The Labute approximate surface area is 109 Å². The Balaban J connectivity index is 2.02. The fraction of sp³-hybridized carbons (Fsp3) is 0.500. The summed E-state index contributed by atoms with van der Waals surface area (Å²) in [6.45, 7) is 0. The molecule has 1 N–H and O–H groups in total. The maximum Gasteiger partial charge on any atom is 0.150 e. The van der Waals surface area contributed by atoms with Gasteiger partial charge in [-0.1, -0.05) is 34.8 Å². The van der Waals surface area contributed by atoms with Gasteiger partial charge in [-0.2, -0.15) is 0 Å². The van der Waals surface area contributed by atoms with Crippen LogP contribution in [0.4, 0.5) is 5.82 Å². The first-order chi connectivity index (χ1) is 7.60. The van der Waals surface area contributed by atoms with Gasteiger partial charge in [0.05, 0.1) is 16.1 Å². The lowest BCUT2D eigenvalue weighted by molar-refractivity contribution is 0.0328. The Hall–Kier alpha value is -0.220. The van der Waals surface area contributed by atoms with Crippen molar-refractivity contribution in [3.8, 4) is 0 Å². The minimum atomic E-state index is 0.260. The van der Waals surface area contributed by atoms with Crippen LogP contribution in [-0.2, 0) is 4.74 Å². The molecule has 0 unspecified atom stereocenters. The lowest BCUT2D eigenvalue weighted by Crippen LogP contribution is -2.40. The molecule has 0 radical (unpaired) electrons. The van der Waals surface area contributed by atoms with Gasteiger partial charge < -0.3 is 10.1 Å². The summed E-state index contributed by atoms with van der Waals surface area (Å²) in [7, 11) is 1.71. The predicted octanol–water partition coefficient (Wildman–Crippen LogP) is 3.63. The summed E-state index contributed by atoms with van der Waals surface area (Å²) in [5.74, 6) is 0.579. The monoisotopic (exact) mass is 280 g/mol. The van der Waals surface area contributed by atoms with Crippen LogP contribution in [0.25, 0.3) is 0 Å². The third-order valence-electron chi connectivity index (χ3n) is 2.66. The molecular formula is C10H11Cl3N2O. The van der Waals surface area contributed by atoms with E-state index in [0.29, 0.717) is 28.0 Å². The van der Waals surface area contributed by atoms with Crippen molar-refractivity contribution in [1.29, 1.82) is 0 Å². The molecule has 1 aliphatic rings. The molecule has 1 aromatic rings. The zero-order valence-corrected chi connectivity index (χ0v) is 10.9. The highest BCUT2D eigenvalue weighted by molar-refractivity contribution is 6.42. The third kappa shape index (κ3) is 2.54. The van der Waals surface area contributed by atoms with Crippen LogP contribution in [0.3, 0.4) is 0 Å². The Morgan fingerprint density at radius 3 is 2.62 bits per heavy atom. The Morgan fingerprint density at radius 1 is 1.31 bits per heavy atom. The largest absolute Gasteiger partial charge is 0.381 e. The summed E-state index contributed by atoms with van der Waals surface area (Å²) in [4.78, 5) is 4.09. The summed E-state index contributed by atoms with van der Waals surface area (Å²) in [5, 5.41) is 4.32. The highest BCUT2D eigenvalue weighted by Crippen LogP contribution is 2.32. The smallest absolute Gasteiger partial charge is 0.150 e. The molecule has 0 spiro atoms. The number of hydrogen-bond donors (Lipinski definition) is 1. The van der Waals surface area contributed by atoms with Crippen LogP contribution >= 0.6 is 34.8 Å². The van der Waals surface area contributed by atoms with Crippen LogP contribution in [0, 0.1) is 0 Å². The molecule has 0 aromatic carbocycles. The maximum atomic E-state index is 6.00. The summed E-state index contributed by atoms with van der Waals surface area (Å²) >= 11 is 17.6. The van der Waals surface area contributed by atoms with E-state index < -0.39 is 0 Å². The zero-order valence-electron chi connectivity index (χ0n) is 8.64. The van der Waals surface area contributed by atoms with E-state index in [0.717, 1.165) is 12.8 Å². The second-order valence-electron chi connectivity index (χ2n) is 3.76. The lowest BCUT2D eigenvalue weighted by atomic mass is 9.89. The van der Waals surface area contributed by atoms with Crippen LogP contribution in [0.15, 0.2) is 6.07 Å². The van der Waals surface area contributed by atoms with E-state index in [1.807, 2.05) is 0 Å². The van der Waals surface area contributed by atoms with Gasteiger partial charge in [0, 0.05) is 13.2 Å². The van der Waals surface area contributed by atoms with Gasteiger partial charge in [-0.05, 0) is 18.9 Å². The molecule has 0 bridgehead atoms. The molecule has 6 heteroatoms. The molecule has 0 saturated heterocycles. The molecule has 0 amide bonds. The van der Waals surface area contributed by atoms with Gasteiger partial charge in [-0.15, -0.1) is 0 Å². The van der Waals surface area contributed by atoms with Crippen molar-refractivity contribution in [3.05, 3.63) is 21.3 Å². The molecule has 88 valence electrons. The Kier molecular flexibility index (Phi) is 3.80. The van der Waals surface area contributed by atoms with Crippen LogP contribution in [-0.4, -0.2) is 24.2 Å². The molecule has 1 fully saturated rings. The average molecular weight is 282 g/mol. The van der Waals surface area contributed by atoms with Gasteiger partial charge in [0.25, 0.3) is 0 Å². The second kappa shape index (κ2) is 4.96. The van der Waals surface area contributed by atoms with Crippen LogP contribution in [0.2, 0.25) is 15.2 Å². The number of ether oxygens (including phenoxy) is 1. The summed E-state index contributed by atoms with van der Waals surface area (Å²) < 4.78 is 5.19. The number of nitrogens with one attached hydrogen (secondary N) is 1. The number of rotatable bonds is 3. The predicted molar refractivity (Wildman–Crippen MR) is 66.7 cm³/mol. The summed E-state index contributed by atoms with van der Waals surface area (Å²) in [6.07, 6.45) is 2.24. The number of anilines is 1. The first-order valence-corrected chi connectivity index (χ1v) is 6.04. The first-order valence-electron chi connectivity index (χ1n) is 4.91. The fourth-order valence-electron chi connectivity index (χ4n) is 1.61. The van der Waals surface area contributed by atoms with Crippen LogP contribution < -0.4 is 5.32 Å². The van der Waals surface area contributed by atoms with Crippen LogP contribution in [0.1, 0.15) is 12.8 Å². The molecule has 0 atom stereocenters. The van der Waals surface area contributed by atoms with E-state index >= 15 is 0 Å². The van der Waals surface area contributed by atoms with E-state index in [4.69, 9.17) is 39.5 Å². The van der Waals surface area contributed by atoms with E-state index in [-0.39, 0.29) is 5.15 Å². The molecule has 1 aromatic heterocycles. The number of aromatic nitrogens is 1. The maximum absolute atomic E-state index is 6.00. The summed E-state index contributed by atoms with van der Waals surface area (Å²) in [6, 6.07) is 1.93. The van der Waals surface area contributed by atoms with Crippen LogP contribution in [0.5, 0.6) is 0 Å². The van der Waals surface area contributed by atoms with Gasteiger partial charge in [0.15, 0.2) is 0 Å². The average Bonchev–Trinajstić information content (AvgIpc) is 2.18. The minimum absolute atomic E-state index is 0.260. The molecule has 2 rings (SSSR count). The fourth-order valence-corrected chi connectivity index (χ4v) is 2.17. The van der Waals surface area contributed by atoms with Gasteiger partial charge in [0.1, 0.15) is 11.0 Å². The highest BCUT2D eigenvalue weighted by Gasteiger charge is 2.29. The topological polar surface area (TPSA) is 34.1 Å². The zero-order chi connectivity index (χ0) is 11.7.